The standard InChI is InChI=1S/C14H20N2O3/c1-4-16(9-13(17)19-5-2)14(18)11-7-6-8-12(15)10(11)3/h6-8H,4-5,9,15H2,1-3H3. The summed E-state index contributed by atoms with van der Waals surface area (Å²) in [5.74, 6) is -0.611. The van der Waals surface area contributed by atoms with E-state index in [-0.39, 0.29) is 12.5 Å². The maximum absolute atomic E-state index is 12.4. The molecule has 0 saturated heterocycles. The van der Waals surface area contributed by atoms with E-state index in [0.29, 0.717) is 24.4 Å². The molecule has 1 aromatic carbocycles. The summed E-state index contributed by atoms with van der Waals surface area (Å²) in [7, 11) is 0. The van der Waals surface area contributed by atoms with Crippen molar-refractivity contribution in [3.63, 3.8) is 0 Å². The lowest BCUT2D eigenvalue weighted by Crippen LogP contribution is -2.36. The zero-order valence-electron chi connectivity index (χ0n) is 11.6. The summed E-state index contributed by atoms with van der Waals surface area (Å²) in [5, 5.41) is 0. The predicted octanol–water partition coefficient (Wildman–Crippen LogP) is 1.60. The highest BCUT2D eigenvalue weighted by Gasteiger charge is 2.19. The highest BCUT2D eigenvalue weighted by Crippen LogP contribution is 2.17. The quantitative estimate of drug-likeness (QED) is 0.647. The van der Waals surface area contributed by atoms with Crippen molar-refractivity contribution in [2.24, 2.45) is 0 Å². The van der Waals surface area contributed by atoms with Crippen molar-refractivity contribution >= 4 is 17.6 Å². The second-order valence-electron chi connectivity index (χ2n) is 4.14. The number of amides is 1. The number of hydrogen-bond donors (Lipinski definition) is 1. The van der Waals surface area contributed by atoms with Crippen LogP contribution >= 0.6 is 0 Å². The van der Waals surface area contributed by atoms with E-state index in [4.69, 9.17) is 10.5 Å². The van der Waals surface area contributed by atoms with E-state index >= 15 is 0 Å². The first-order valence-corrected chi connectivity index (χ1v) is 6.31. The number of nitrogens with two attached hydrogens (primary N) is 1. The van der Waals surface area contributed by atoms with Crippen LogP contribution in [0.15, 0.2) is 18.2 Å². The summed E-state index contributed by atoms with van der Waals surface area (Å²) in [6.07, 6.45) is 0. The summed E-state index contributed by atoms with van der Waals surface area (Å²) in [6, 6.07) is 5.18. The molecular formula is C14H20N2O3. The first-order chi connectivity index (χ1) is 9.01. The van der Waals surface area contributed by atoms with Crippen molar-refractivity contribution in [2.75, 3.05) is 25.4 Å². The SMILES string of the molecule is CCOC(=O)CN(CC)C(=O)c1cccc(N)c1C. The molecule has 0 atom stereocenters. The minimum absolute atomic E-state index is 0.0442. The normalized spacial score (nSPS) is 10.1. The maximum Gasteiger partial charge on any atom is 0.325 e. The third-order valence-electron chi connectivity index (χ3n) is 2.90. The van der Waals surface area contributed by atoms with E-state index in [9.17, 15) is 9.59 Å². The first-order valence-electron chi connectivity index (χ1n) is 6.31. The molecule has 0 unspecified atom stereocenters. The molecule has 5 heteroatoms. The molecule has 0 bridgehead atoms. The van der Waals surface area contributed by atoms with Crippen molar-refractivity contribution in [3.8, 4) is 0 Å². The van der Waals surface area contributed by atoms with Crippen LogP contribution in [0.3, 0.4) is 0 Å². The Bertz CT molecular complexity index is 472. The molecule has 0 saturated carbocycles. The third-order valence-corrected chi connectivity index (χ3v) is 2.90. The Hall–Kier alpha value is -2.04. The number of carbonyl (C=O) groups is 2. The molecular weight excluding hydrogens is 244 g/mol. The predicted molar refractivity (Wildman–Crippen MR) is 73.8 cm³/mol. The van der Waals surface area contributed by atoms with Crippen LogP contribution in [0, 0.1) is 6.92 Å². The monoisotopic (exact) mass is 264 g/mol. The van der Waals surface area contributed by atoms with Gasteiger partial charge in [0.25, 0.3) is 5.91 Å². The van der Waals surface area contributed by atoms with E-state index in [1.54, 1.807) is 32.0 Å². The van der Waals surface area contributed by atoms with Crippen LogP contribution in [0.1, 0.15) is 29.8 Å². The number of benzene rings is 1. The minimum Gasteiger partial charge on any atom is -0.465 e. The molecule has 0 aliphatic rings. The number of rotatable bonds is 5. The molecule has 2 N–H and O–H groups in total. The smallest absolute Gasteiger partial charge is 0.325 e. The van der Waals surface area contributed by atoms with Gasteiger partial charge in [-0.25, -0.2) is 0 Å². The Morgan fingerprint density at radius 3 is 2.58 bits per heavy atom. The molecule has 0 radical (unpaired) electrons. The van der Waals surface area contributed by atoms with Crippen LogP contribution in [0.4, 0.5) is 5.69 Å². The molecule has 19 heavy (non-hydrogen) atoms. The zero-order valence-corrected chi connectivity index (χ0v) is 11.6. The van der Waals surface area contributed by atoms with E-state index in [2.05, 4.69) is 0 Å². The summed E-state index contributed by atoms with van der Waals surface area (Å²) in [5.41, 5.74) is 7.61. The minimum atomic E-state index is -0.403. The molecule has 1 aromatic rings. The molecule has 1 rings (SSSR count). The Kier molecular flexibility index (Phi) is 5.36. The summed E-state index contributed by atoms with van der Waals surface area (Å²) < 4.78 is 4.86. The van der Waals surface area contributed by atoms with Gasteiger partial charge in [-0.05, 0) is 38.5 Å². The molecule has 0 aliphatic carbocycles. The van der Waals surface area contributed by atoms with Crippen LogP contribution in [-0.2, 0) is 9.53 Å². The number of carbonyl (C=O) groups excluding carboxylic acids is 2. The van der Waals surface area contributed by atoms with Gasteiger partial charge in [0.15, 0.2) is 0 Å². The molecule has 0 aromatic heterocycles. The fourth-order valence-electron chi connectivity index (χ4n) is 1.75. The van der Waals surface area contributed by atoms with Gasteiger partial charge in [0.05, 0.1) is 6.61 Å². The number of hydrogen-bond acceptors (Lipinski definition) is 4. The van der Waals surface area contributed by atoms with Gasteiger partial charge >= 0.3 is 5.97 Å². The third kappa shape index (κ3) is 3.71. The lowest BCUT2D eigenvalue weighted by molar-refractivity contribution is -0.143. The fourth-order valence-corrected chi connectivity index (χ4v) is 1.75. The van der Waals surface area contributed by atoms with Crippen LogP contribution in [-0.4, -0.2) is 36.5 Å². The van der Waals surface area contributed by atoms with Gasteiger partial charge < -0.3 is 15.4 Å². The molecule has 104 valence electrons. The number of nitrogen functional groups attached to an aromatic ring is 1. The molecule has 1 amide bonds. The van der Waals surface area contributed by atoms with E-state index in [1.165, 1.54) is 4.90 Å². The average Bonchev–Trinajstić information content (AvgIpc) is 2.39. The molecule has 0 aliphatic heterocycles. The lowest BCUT2D eigenvalue weighted by atomic mass is 10.1. The Morgan fingerprint density at radius 2 is 2.00 bits per heavy atom. The lowest BCUT2D eigenvalue weighted by Gasteiger charge is -2.21. The second-order valence-corrected chi connectivity index (χ2v) is 4.14. The van der Waals surface area contributed by atoms with Crippen LogP contribution in [0.5, 0.6) is 0 Å². The van der Waals surface area contributed by atoms with Crippen molar-refractivity contribution in [2.45, 2.75) is 20.8 Å². The van der Waals surface area contributed by atoms with Crippen molar-refractivity contribution in [3.05, 3.63) is 29.3 Å². The number of esters is 1. The molecule has 0 spiro atoms. The fraction of sp³-hybridized carbons (Fsp3) is 0.429. The molecule has 5 nitrogen and oxygen atoms in total. The first kappa shape index (κ1) is 15.0. The van der Waals surface area contributed by atoms with Crippen LogP contribution < -0.4 is 5.73 Å². The van der Waals surface area contributed by atoms with Gasteiger partial charge in [0.2, 0.25) is 0 Å². The summed E-state index contributed by atoms with van der Waals surface area (Å²) in [6.45, 7) is 6.04. The number of nitrogens with zero attached hydrogens (tertiary/aromatic N) is 1. The van der Waals surface area contributed by atoms with Gasteiger partial charge in [-0.2, -0.15) is 0 Å². The number of anilines is 1. The number of ether oxygens (including phenoxy) is 1. The van der Waals surface area contributed by atoms with Gasteiger partial charge in [-0.1, -0.05) is 6.07 Å². The van der Waals surface area contributed by atoms with Gasteiger partial charge in [-0.15, -0.1) is 0 Å². The largest absolute Gasteiger partial charge is 0.465 e. The topological polar surface area (TPSA) is 72.6 Å². The van der Waals surface area contributed by atoms with Gasteiger partial charge in [0.1, 0.15) is 6.54 Å². The van der Waals surface area contributed by atoms with E-state index in [1.807, 2.05) is 6.92 Å². The van der Waals surface area contributed by atoms with Crippen LogP contribution in [0.2, 0.25) is 0 Å². The van der Waals surface area contributed by atoms with Crippen molar-refractivity contribution in [1.82, 2.24) is 4.90 Å². The molecule has 0 fully saturated rings. The maximum atomic E-state index is 12.4. The highest BCUT2D eigenvalue weighted by molar-refractivity contribution is 5.98. The average molecular weight is 264 g/mol. The second kappa shape index (κ2) is 6.78. The van der Waals surface area contributed by atoms with E-state index in [0.717, 1.165) is 5.56 Å². The van der Waals surface area contributed by atoms with Crippen LogP contribution in [0.25, 0.3) is 0 Å². The van der Waals surface area contributed by atoms with Crippen molar-refractivity contribution < 1.29 is 14.3 Å². The highest BCUT2D eigenvalue weighted by atomic mass is 16.5. The Balaban J connectivity index is 2.89. The number of likely N-dealkylation sites (N-methyl/N-ethyl adjacent to an activating group) is 1. The van der Waals surface area contributed by atoms with Gasteiger partial charge in [0, 0.05) is 17.8 Å². The van der Waals surface area contributed by atoms with Gasteiger partial charge in [-0.3, -0.25) is 9.59 Å². The summed E-state index contributed by atoms with van der Waals surface area (Å²) >= 11 is 0. The Labute approximate surface area is 113 Å². The Morgan fingerprint density at radius 1 is 1.32 bits per heavy atom. The zero-order chi connectivity index (χ0) is 14.4. The van der Waals surface area contributed by atoms with E-state index < -0.39 is 5.97 Å². The van der Waals surface area contributed by atoms with Crippen molar-refractivity contribution in [1.29, 1.82) is 0 Å². The summed E-state index contributed by atoms with van der Waals surface area (Å²) in [4.78, 5) is 25.3. The molecule has 0 heterocycles.